The van der Waals surface area contributed by atoms with E-state index in [1.165, 1.54) is 42.5 Å². The number of nitrogens with zero attached hydrogens (tertiary/aromatic N) is 2. The first-order valence-corrected chi connectivity index (χ1v) is 9.26. The molecule has 0 aliphatic carbocycles. The van der Waals surface area contributed by atoms with Crippen LogP contribution in [0.15, 0.2) is 17.4 Å². The Morgan fingerprint density at radius 1 is 1.40 bits per heavy atom. The zero-order chi connectivity index (χ0) is 13.8. The number of nitrogens with one attached hydrogen (secondary N) is 1. The Kier molecular flexibility index (Phi) is 4.91. The molecule has 1 atom stereocenters. The standard InChI is InChI=1S/C15H21N3S2/c1-2-12-9-13-14(17-10-18-15(13)20-12)19-8-6-11-5-3-4-7-16-11/h9-11,16H,2-8H2,1H3. The van der Waals surface area contributed by atoms with Crippen LogP contribution in [0.3, 0.4) is 0 Å². The van der Waals surface area contributed by atoms with Gasteiger partial charge < -0.3 is 5.32 Å². The molecule has 0 amide bonds. The first-order valence-electron chi connectivity index (χ1n) is 7.46. The van der Waals surface area contributed by atoms with E-state index in [2.05, 4.69) is 28.3 Å². The molecule has 1 N–H and O–H groups in total. The molecule has 2 aromatic heterocycles. The molecule has 108 valence electrons. The summed E-state index contributed by atoms with van der Waals surface area (Å²) in [6.07, 6.45) is 8.07. The lowest BCUT2D eigenvalue weighted by atomic mass is 10.0. The molecule has 1 unspecified atom stereocenters. The molecule has 1 aliphatic heterocycles. The van der Waals surface area contributed by atoms with E-state index in [1.807, 2.05) is 11.8 Å². The minimum atomic E-state index is 0.710. The van der Waals surface area contributed by atoms with Crippen molar-refractivity contribution in [1.82, 2.24) is 15.3 Å². The maximum Gasteiger partial charge on any atom is 0.128 e. The van der Waals surface area contributed by atoms with E-state index in [0.29, 0.717) is 6.04 Å². The largest absolute Gasteiger partial charge is 0.314 e. The molecule has 3 rings (SSSR count). The minimum Gasteiger partial charge on any atom is -0.314 e. The lowest BCUT2D eigenvalue weighted by molar-refractivity contribution is 0.395. The highest BCUT2D eigenvalue weighted by Gasteiger charge is 2.13. The molecule has 0 radical (unpaired) electrons. The van der Waals surface area contributed by atoms with Crippen LogP contribution >= 0.6 is 23.1 Å². The van der Waals surface area contributed by atoms with E-state index < -0.39 is 0 Å². The summed E-state index contributed by atoms with van der Waals surface area (Å²) in [5, 5.41) is 6.01. The number of thioether (sulfide) groups is 1. The van der Waals surface area contributed by atoms with E-state index in [1.54, 1.807) is 17.7 Å². The zero-order valence-electron chi connectivity index (χ0n) is 11.9. The van der Waals surface area contributed by atoms with Crippen molar-refractivity contribution in [3.63, 3.8) is 0 Å². The zero-order valence-corrected chi connectivity index (χ0v) is 13.5. The van der Waals surface area contributed by atoms with Gasteiger partial charge in [-0.2, -0.15) is 0 Å². The van der Waals surface area contributed by atoms with Crippen molar-refractivity contribution in [2.45, 2.75) is 50.1 Å². The average molecular weight is 307 g/mol. The fourth-order valence-electron chi connectivity index (χ4n) is 2.64. The molecule has 5 heteroatoms. The van der Waals surface area contributed by atoms with Crippen LogP contribution in [0.5, 0.6) is 0 Å². The number of thiophene rings is 1. The third-order valence-corrected chi connectivity index (χ3v) is 6.04. The Balaban J connectivity index is 1.63. The summed E-state index contributed by atoms with van der Waals surface area (Å²) >= 11 is 3.68. The van der Waals surface area contributed by atoms with Gasteiger partial charge in [-0.25, -0.2) is 9.97 Å². The molecule has 20 heavy (non-hydrogen) atoms. The number of aryl methyl sites for hydroxylation is 1. The van der Waals surface area contributed by atoms with E-state index in [-0.39, 0.29) is 0 Å². The summed E-state index contributed by atoms with van der Waals surface area (Å²) in [7, 11) is 0. The average Bonchev–Trinajstić information content (AvgIpc) is 2.92. The molecule has 0 aromatic carbocycles. The van der Waals surface area contributed by atoms with Gasteiger partial charge in [0.1, 0.15) is 16.2 Å². The summed E-state index contributed by atoms with van der Waals surface area (Å²) < 4.78 is 0. The monoisotopic (exact) mass is 307 g/mol. The topological polar surface area (TPSA) is 37.8 Å². The number of fused-ring (bicyclic) bond motifs is 1. The van der Waals surface area contributed by atoms with E-state index in [9.17, 15) is 0 Å². The number of hydrogen-bond acceptors (Lipinski definition) is 5. The molecule has 1 aliphatic rings. The van der Waals surface area contributed by atoms with Gasteiger partial charge in [0, 0.05) is 22.1 Å². The number of aromatic nitrogens is 2. The Labute approximate surface area is 128 Å². The second-order valence-electron chi connectivity index (χ2n) is 5.25. The van der Waals surface area contributed by atoms with E-state index >= 15 is 0 Å². The summed E-state index contributed by atoms with van der Waals surface area (Å²) in [6, 6.07) is 2.98. The fraction of sp³-hybridized carbons (Fsp3) is 0.600. The van der Waals surface area contributed by atoms with Crippen LogP contribution in [0.2, 0.25) is 0 Å². The van der Waals surface area contributed by atoms with Gasteiger partial charge in [-0.05, 0) is 38.3 Å². The van der Waals surface area contributed by atoms with Crippen molar-refractivity contribution < 1.29 is 0 Å². The van der Waals surface area contributed by atoms with Crippen LogP contribution in [-0.4, -0.2) is 28.3 Å². The van der Waals surface area contributed by atoms with Gasteiger partial charge in [-0.1, -0.05) is 13.3 Å². The van der Waals surface area contributed by atoms with Crippen molar-refractivity contribution in [3.8, 4) is 0 Å². The number of piperidine rings is 1. The molecule has 1 fully saturated rings. The number of hydrogen-bond donors (Lipinski definition) is 1. The predicted molar refractivity (Wildman–Crippen MR) is 87.8 cm³/mol. The van der Waals surface area contributed by atoms with Crippen molar-refractivity contribution >= 4 is 33.3 Å². The molecule has 0 bridgehead atoms. The highest BCUT2D eigenvalue weighted by molar-refractivity contribution is 7.99. The number of rotatable bonds is 5. The third-order valence-electron chi connectivity index (χ3n) is 3.81. The summed E-state index contributed by atoms with van der Waals surface area (Å²) in [5.74, 6) is 1.14. The van der Waals surface area contributed by atoms with Gasteiger partial charge in [-0.15, -0.1) is 23.1 Å². The van der Waals surface area contributed by atoms with Crippen molar-refractivity contribution in [1.29, 1.82) is 0 Å². The van der Waals surface area contributed by atoms with Gasteiger partial charge in [0.25, 0.3) is 0 Å². The Morgan fingerprint density at radius 2 is 2.35 bits per heavy atom. The second kappa shape index (κ2) is 6.87. The highest BCUT2D eigenvalue weighted by Crippen LogP contribution is 2.31. The van der Waals surface area contributed by atoms with Crippen LogP contribution < -0.4 is 5.32 Å². The molecule has 3 nitrogen and oxygen atoms in total. The summed E-state index contributed by atoms with van der Waals surface area (Å²) in [6.45, 7) is 3.39. The SMILES string of the molecule is CCc1cc2c(SCCC3CCCCN3)ncnc2s1. The van der Waals surface area contributed by atoms with Gasteiger partial charge in [0.05, 0.1) is 0 Å². The van der Waals surface area contributed by atoms with Crippen LogP contribution in [0, 0.1) is 0 Å². The molecular formula is C15H21N3S2. The van der Waals surface area contributed by atoms with Gasteiger partial charge in [-0.3, -0.25) is 0 Å². The summed E-state index contributed by atoms with van der Waals surface area (Å²) in [4.78, 5) is 11.4. The van der Waals surface area contributed by atoms with E-state index in [0.717, 1.165) is 22.0 Å². The lowest BCUT2D eigenvalue weighted by Gasteiger charge is -2.23. The third kappa shape index (κ3) is 3.32. The predicted octanol–water partition coefficient (Wildman–Crippen LogP) is 3.88. The smallest absolute Gasteiger partial charge is 0.128 e. The van der Waals surface area contributed by atoms with Crippen LogP contribution in [-0.2, 0) is 6.42 Å². The molecule has 1 saturated heterocycles. The first kappa shape index (κ1) is 14.3. The molecule has 2 aromatic rings. The van der Waals surface area contributed by atoms with E-state index in [4.69, 9.17) is 0 Å². The Hall–Kier alpha value is -0.650. The second-order valence-corrected chi connectivity index (χ2v) is 7.45. The normalized spacial score (nSPS) is 19.6. The maximum atomic E-state index is 4.48. The maximum absolute atomic E-state index is 4.48. The van der Waals surface area contributed by atoms with Gasteiger partial charge >= 0.3 is 0 Å². The van der Waals surface area contributed by atoms with Crippen LogP contribution in [0.4, 0.5) is 0 Å². The van der Waals surface area contributed by atoms with Crippen molar-refractivity contribution in [2.24, 2.45) is 0 Å². The van der Waals surface area contributed by atoms with Crippen LogP contribution in [0.1, 0.15) is 37.5 Å². The van der Waals surface area contributed by atoms with Gasteiger partial charge in [0.15, 0.2) is 0 Å². The van der Waals surface area contributed by atoms with Crippen LogP contribution in [0.25, 0.3) is 10.2 Å². The summed E-state index contributed by atoms with van der Waals surface area (Å²) in [5.41, 5.74) is 0. The van der Waals surface area contributed by atoms with Gasteiger partial charge in [0.2, 0.25) is 0 Å². The van der Waals surface area contributed by atoms with Crippen molar-refractivity contribution in [2.75, 3.05) is 12.3 Å². The highest BCUT2D eigenvalue weighted by atomic mass is 32.2. The molecule has 0 spiro atoms. The van der Waals surface area contributed by atoms with Crippen molar-refractivity contribution in [3.05, 3.63) is 17.3 Å². The Bertz CT molecular complexity index is 561. The molecule has 3 heterocycles. The lowest BCUT2D eigenvalue weighted by Crippen LogP contribution is -2.34. The fourth-order valence-corrected chi connectivity index (χ4v) is 4.67. The molecule has 0 saturated carbocycles. The first-order chi connectivity index (χ1) is 9.86. The Morgan fingerprint density at radius 3 is 3.15 bits per heavy atom. The minimum absolute atomic E-state index is 0.710. The quantitative estimate of drug-likeness (QED) is 0.672. The molecular weight excluding hydrogens is 286 g/mol.